The SMILES string of the molecule is CC1CN(C(=O)C2CCCO2)CC1O. The quantitative estimate of drug-likeness (QED) is 0.647. The highest BCUT2D eigenvalue weighted by molar-refractivity contribution is 5.81. The van der Waals surface area contributed by atoms with Crippen LogP contribution in [0.4, 0.5) is 0 Å². The summed E-state index contributed by atoms with van der Waals surface area (Å²) < 4.78 is 5.32. The third-order valence-corrected chi connectivity index (χ3v) is 3.09. The van der Waals surface area contributed by atoms with E-state index in [1.807, 2.05) is 6.92 Å². The first-order valence-electron chi connectivity index (χ1n) is 5.27. The number of carbonyl (C=O) groups is 1. The van der Waals surface area contributed by atoms with Crippen LogP contribution in [-0.2, 0) is 9.53 Å². The molecule has 0 aliphatic carbocycles. The van der Waals surface area contributed by atoms with Gasteiger partial charge in [0.05, 0.1) is 6.10 Å². The Morgan fingerprint density at radius 2 is 2.29 bits per heavy atom. The zero-order valence-corrected chi connectivity index (χ0v) is 8.48. The Morgan fingerprint density at radius 3 is 2.79 bits per heavy atom. The van der Waals surface area contributed by atoms with Crippen molar-refractivity contribution in [1.82, 2.24) is 4.90 Å². The number of hydrogen-bond acceptors (Lipinski definition) is 3. The number of aliphatic hydroxyl groups is 1. The van der Waals surface area contributed by atoms with Gasteiger partial charge in [-0.1, -0.05) is 6.92 Å². The van der Waals surface area contributed by atoms with Crippen LogP contribution in [0.2, 0.25) is 0 Å². The van der Waals surface area contributed by atoms with Gasteiger partial charge in [0.2, 0.25) is 0 Å². The standard InChI is InChI=1S/C10H17NO3/c1-7-5-11(6-8(7)12)10(13)9-3-2-4-14-9/h7-9,12H,2-6H2,1H3. The normalized spacial score (nSPS) is 37.9. The highest BCUT2D eigenvalue weighted by Crippen LogP contribution is 2.21. The lowest BCUT2D eigenvalue weighted by molar-refractivity contribution is -0.140. The molecule has 3 unspecified atom stereocenters. The molecule has 0 aromatic carbocycles. The molecule has 2 saturated heterocycles. The van der Waals surface area contributed by atoms with Crippen molar-refractivity contribution >= 4 is 5.91 Å². The van der Waals surface area contributed by atoms with Crippen molar-refractivity contribution in [3.8, 4) is 0 Å². The van der Waals surface area contributed by atoms with Gasteiger partial charge in [-0.25, -0.2) is 0 Å². The summed E-state index contributed by atoms with van der Waals surface area (Å²) in [6.07, 6.45) is 1.20. The van der Waals surface area contributed by atoms with Crippen LogP contribution in [0.5, 0.6) is 0 Å². The maximum atomic E-state index is 11.8. The van der Waals surface area contributed by atoms with E-state index in [1.54, 1.807) is 4.90 Å². The molecule has 3 atom stereocenters. The molecule has 2 rings (SSSR count). The lowest BCUT2D eigenvalue weighted by Crippen LogP contribution is -2.37. The minimum atomic E-state index is -0.361. The van der Waals surface area contributed by atoms with Gasteiger partial charge in [-0.15, -0.1) is 0 Å². The van der Waals surface area contributed by atoms with Gasteiger partial charge in [0.1, 0.15) is 6.10 Å². The maximum Gasteiger partial charge on any atom is 0.251 e. The Balaban J connectivity index is 1.92. The molecule has 0 saturated carbocycles. The van der Waals surface area contributed by atoms with E-state index in [0.717, 1.165) is 12.8 Å². The fourth-order valence-corrected chi connectivity index (χ4v) is 2.11. The van der Waals surface area contributed by atoms with Crippen LogP contribution < -0.4 is 0 Å². The van der Waals surface area contributed by atoms with Crippen LogP contribution >= 0.6 is 0 Å². The van der Waals surface area contributed by atoms with E-state index in [2.05, 4.69) is 0 Å². The van der Waals surface area contributed by atoms with Crippen molar-refractivity contribution in [1.29, 1.82) is 0 Å². The van der Waals surface area contributed by atoms with E-state index in [9.17, 15) is 9.90 Å². The monoisotopic (exact) mass is 199 g/mol. The number of rotatable bonds is 1. The Morgan fingerprint density at radius 1 is 1.50 bits per heavy atom. The molecule has 2 fully saturated rings. The number of carbonyl (C=O) groups excluding carboxylic acids is 1. The number of β-amino-alcohol motifs (C(OH)–C–C–N with tert-alkyl or cyclic N) is 1. The second-order valence-electron chi connectivity index (χ2n) is 4.29. The predicted molar refractivity (Wildman–Crippen MR) is 50.7 cm³/mol. The Kier molecular flexibility index (Phi) is 2.74. The first kappa shape index (κ1) is 9.93. The van der Waals surface area contributed by atoms with E-state index in [4.69, 9.17) is 4.74 Å². The van der Waals surface area contributed by atoms with Crippen LogP contribution in [-0.4, -0.2) is 47.8 Å². The molecule has 1 amide bonds. The molecule has 0 radical (unpaired) electrons. The van der Waals surface area contributed by atoms with Gasteiger partial charge in [-0.3, -0.25) is 4.79 Å². The maximum absolute atomic E-state index is 11.8. The number of hydrogen-bond donors (Lipinski definition) is 1. The summed E-state index contributed by atoms with van der Waals surface area (Å²) in [5, 5.41) is 9.53. The van der Waals surface area contributed by atoms with Gasteiger partial charge in [-0.2, -0.15) is 0 Å². The fraction of sp³-hybridized carbons (Fsp3) is 0.900. The summed E-state index contributed by atoms with van der Waals surface area (Å²) in [6, 6.07) is 0. The van der Waals surface area contributed by atoms with E-state index in [1.165, 1.54) is 0 Å². The molecule has 0 bridgehead atoms. The highest BCUT2D eigenvalue weighted by Gasteiger charge is 2.35. The van der Waals surface area contributed by atoms with E-state index in [-0.39, 0.29) is 24.0 Å². The lowest BCUT2D eigenvalue weighted by atomic mass is 10.1. The van der Waals surface area contributed by atoms with Gasteiger partial charge in [-0.05, 0) is 12.8 Å². The molecule has 0 spiro atoms. The summed E-state index contributed by atoms with van der Waals surface area (Å²) in [7, 11) is 0. The summed E-state index contributed by atoms with van der Waals surface area (Å²) in [4.78, 5) is 13.6. The van der Waals surface area contributed by atoms with Gasteiger partial charge in [0, 0.05) is 25.6 Å². The minimum Gasteiger partial charge on any atom is -0.391 e. The number of amides is 1. The third kappa shape index (κ3) is 1.77. The van der Waals surface area contributed by atoms with Gasteiger partial charge in [0.25, 0.3) is 5.91 Å². The average Bonchev–Trinajstić information content (AvgIpc) is 2.76. The van der Waals surface area contributed by atoms with Crippen molar-refractivity contribution in [2.75, 3.05) is 19.7 Å². The van der Waals surface area contributed by atoms with Crippen LogP contribution in [0.25, 0.3) is 0 Å². The second-order valence-corrected chi connectivity index (χ2v) is 4.29. The van der Waals surface area contributed by atoms with Crippen molar-refractivity contribution in [2.24, 2.45) is 5.92 Å². The smallest absolute Gasteiger partial charge is 0.251 e. The van der Waals surface area contributed by atoms with Crippen molar-refractivity contribution in [3.05, 3.63) is 0 Å². The molecule has 0 aromatic rings. The van der Waals surface area contributed by atoms with Crippen LogP contribution in [0, 0.1) is 5.92 Å². The lowest BCUT2D eigenvalue weighted by Gasteiger charge is -2.19. The summed E-state index contributed by atoms with van der Waals surface area (Å²) >= 11 is 0. The zero-order chi connectivity index (χ0) is 10.1. The Labute approximate surface area is 83.8 Å². The zero-order valence-electron chi connectivity index (χ0n) is 8.48. The molecule has 1 N–H and O–H groups in total. The molecule has 2 aliphatic heterocycles. The van der Waals surface area contributed by atoms with Crippen molar-refractivity contribution in [3.63, 3.8) is 0 Å². The van der Waals surface area contributed by atoms with Crippen LogP contribution in [0.15, 0.2) is 0 Å². The summed E-state index contributed by atoms with van der Waals surface area (Å²) in [6.45, 7) is 3.80. The van der Waals surface area contributed by atoms with Gasteiger partial charge in [0.15, 0.2) is 0 Å². The predicted octanol–water partition coefficient (Wildman–Crippen LogP) is 0.00460. The molecule has 2 heterocycles. The first-order chi connectivity index (χ1) is 6.68. The number of likely N-dealkylation sites (tertiary alicyclic amines) is 1. The molecule has 0 aromatic heterocycles. The Hall–Kier alpha value is -0.610. The molecule has 14 heavy (non-hydrogen) atoms. The number of ether oxygens (including phenoxy) is 1. The van der Waals surface area contributed by atoms with Crippen LogP contribution in [0.1, 0.15) is 19.8 Å². The Bertz CT molecular complexity index is 215. The van der Waals surface area contributed by atoms with E-state index >= 15 is 0 Å². The fourth-order valence-electron chi connectivity index (χ4n) is 2.11. The van der Waals surface area contributed by atoms with Gasteiger partial charge < -0.3 is 14.7 Å². The highest BCUT2D eigenvalue weighted by atomic mass is 16.5. The second kappa shape index (κ2) is 3.87. The molecule has 4 heteroatoms. The molecule has 80 valence electrons. The average molecular weight is 199 g/mol. The van der Waals surface area contributed by atoms with E-state index in [0.29, 0.717) is 19.7 Å². The molecular formula is C10H17NO3. The summed E-state index contributed by atoms with van der Waals surface area (Å²) in [5.41, 5.74) is 0. The van der Waals surface area contributed by atoms with Crippen molar-refractivity contribution < 1.29 is 14.6 Å². The molecule has 2 aliphatic rings. The largest absolute Gasteiger partial charge is 0.391 e. The van der Waals surface area contributed by atoms with Gasteiger partial charge >= 0.3 is 0 Å². The minimum absolute atomic E-state index is 0.0610. The van der Waals surface area contributed by atoms with Crippen LogP contribution in [0.3, 0.4) is 0 Å². The topological polar surface area (TPSA) is 49.8 Å². The summed E-state index contributed by atoms with van der Waals surface area (Å²) in [5.74, 6) is 0.256. The first-order valence-corrected chi connectivity index (χ1v) is 5.27. The third-order valence-electron chi connectivity index (χ3n) is 3.09. The molecule has 4 nitrogen and oxygen atoms in total. The van der Waals surface area contributed by atoms with E-state index < -0.39 is 0 Å². The number of nitrogens with zero attached hydrogens (tertiary/aromatic N) is 1. The number of aliphatic hydroxyl groups excluding tert-OH is 1. The van der Waals surface area contributed by atoms with Crippen molar-refractivity contribution in [2.45, 2.75) is 32.0 Å². The molecular weight excluding hydrogens is 182 g/mol.